The van der Waals surface area contributed by atoms with E-state index >= 15 is 0 Å². The molecule has 0 bridgehead atoms. The summed E-state index contributed by atoms with van der Waals surface area (Å²) in [4.78, 5) is 48.0. The van der Waals surface area contributed by atoms with Crippen molar-refractivity contribution < 1.29 is 46.1 Å². The summed E-state index contributed by atoms with van der Waals surface area (Å²) in [7, 11) is 0. The molecule has 0 radical (unpaired) electrons. The van der Waals surface area contributed by atoms with Gasteiger partial charge in [0.15, 0.2) is 0 Å². The largest absolute Gasteiger partial charge is 2.00 e. The van der Waals surface area contributed by atoms with Crippen molar-refractivity contribution in [2.45, 2.75) is 0 Å². The summed E-state index contributed by atoms with van der Waals surface area (Å²) in [5.41, 5.74) is 0. The van der Waals surface area contributed by atoms with Crippen LogP contribution in [0.4, 0.5) is 0 Å². The van der Waals surface area contributed by atoms with Gasteiger partial charge >= 0.3 is 17.4 Å². The number of rotatable bonds is 0. The minimum absolute atomic E-state index is 0. The third-order valence-corrected chi connectivity index (χ3v) is 0. The molecule has 0 heterocycles. The minimum Gasteiger partial charge on any atom is -0.307 e. The van der Waals surface area contributed by atoms with E-state index in [0.29, 0.717) is 0 Å². The summed E-state index contributed by atoms with van der Waals surface area (Å²) in [6, 6.07) is 0. The van der Waals surface area contributed by atoms with Gasteiger partial charge in [-0.05, 0) is 0 Å². The van der Waals surface area contributed by atoms with Crippen molar-refractivity contribution in [3.8, 4) is 0 Å². The second-order valence-electron chi connectivity index (χ2n) is 0. The molecule has 0 saturated carbocycles. The van der Waals surface area contributed by atoms with Crippen molar-refractivity contribution in [1.82, 2.24) is 0 Å². The standard InChI is InChI=1S/6CH2O.Cr/c6*1-2;/h6*1H2;/q;;;;;;+2. The van der Waals surface area contributed by atoms with E-state index in [1.54, 1.807) is 0 Å². The van der Waals surface area contributed by atoms with E-state index in [-0.39, 0.29) is 17.4 Å². The van der Waals surface area contributed by atoms with E-state index in [1.807, 2.05) is 40.7 Å². The van der Waals surface area contributed by atoms with Gasteiger partial charge in [0.2, 0.25) is 0 Å². The van der Waals surface area contributed by atoms with E-state index in [1.165, 1.54) is 0 Å². The Bertz CT molecular complexity index is 32.6. The van der Waals surface area contributed by atoms with Crippen LogP contribution in [0.5, 0.6) is 0 Å². The minimum atomic E-state index is 0. The Morgan fingerprint density at radius 3 is 0.308 bits per heavy atom. The molecular formula is C6H12CrO6+2. The average molecular weight is 232 g/mol. The summed E-state index contributed by atoms with van der Waals surface area (Å²) in [6.45, 7) is 12.0. The number of hydrogen-bond donors (Lipinski definition) is 0. The normalized spacial score (nSPS) is 1.85. The molecule has 0 unspecified atom stereocenters. The SMILES string of the molecule is C=O.C=O.C=O.C=O.C=O.C=O.[Cr+2]. The predicted octanol–water partition coefficient (Wildman–Crippen LogP) is -1.11. The van der Waals surface area contributed by atoms with Gasteiger partial charge in [0.25, 0.3) is 0 Å². The molecule has 0 spiro atoms. The van der Waals surface area contributed by atoms with Crippen LogP contribution in [0.15, 0.2) is 0 Å². The van der Waals surface area contributed by atoms with Gasteiger partial charge in [-0.2, -0.15) is 0 Å². The van der Waals surface area contributed by atoms with E-state index in [9.17, 15) is 0 Å². The topological polar surface area (TPSA) is 102 Å². The first kappa shape index (κ1) is 62.1. The van der Waals surface area contributed by atoms with E-state index in [0.717, 1.165) is 0 Å². The first-order valence-corrected chi connectivity index (χ1v) is 1.73. The Kier molecular flexibility index (Phi) is 2190. The zero-order chi connectivity index (χ0) is 12.0. The molecule has 0 aromatic carbocycles. The summed E-state index contributed by atoms with van der Waals surface area (Å²) < 4.78 is 0. The summed E-state index contributed by atoms with van der Waals surface area (Å²) in [5.74, 6) is 0. The van der Waals surface area contributed by atoms with E-state index in [2.05, 4.69) is 0 Å². The van der Waals surface area contributed by atoms with Crippen LogP contribution < -0.4 is 0 Å². The second-order valence-corrected chi connectivity index (χ2v) is 0. The Morgan fingerprint density at radius 2 is 0.308 bits per heavy atom. The zero-order valence-corrected chi connectivity index (χ0v) is 8.38. The maximum atomic E-state index is 8.00. The van der Waals surface area contributed by atoms with Crippen LogP contribution in [0, 0.1) is 0 Å². The van der Waals surface area contributed by atoms with Gasteiger partial charge in [0.1, 0.15) is 40.7 Å². The molecular weight excluding hydrogens is 220 g/mol. The van der Waals surface area contributed by atoms with Crippen LogP contribution in [0.25, 0.3) is 0 Å². The fourth-order valence-electron chi connectivity index (χ4n) is 0. The third-order valence-electron chi connectivity index (χ3n) is 0. The van der Waals surface area contributed by atoms with Gasteiger partial charge in [0, 0.05) is 0 Å². The van der Waals surface area contributed by atoms with Crippen molar-refractivity contribution in [3.05, 3.63) is 0 Å². The zero-order valence-electron chi connectivity index (χ0n) is 7.10. The van der Waals surface area contributed by atoms with Crippen molar-refractivity contribution in [1.29, 1.82) is 0 Å². The van der Waals surface area contributed by atoms with Crippen molar-refractivity contribution >= 4 is 40.7 Å². The maximum absolute atomic E-state index is 8.00. The summed E-state index contributed by atoms with van der Waals surface area (Å²) >= 11 is 0. The van der Waals surface area contributed by atoms with E-state index in [4.69, 9.17) is 28.8 Å². The van der Waals surface area contributed by atoms with Crippen molar-refractivity contribution in [2.24, 2.45) is 0 Å². The van der Waals surface area contributed by atoms with Crippen LogP contribution in [0.3, 0.4) is 0 Å². The molecule has 0 atom stereocenters. The van der Waals surface area contributed by atoms with Crippen LogP contribution in [-0.4, -0.2) is 40.7 Å². The van der Waals surface area contributed by atoms with Crippen molar-refractivity contribution in [2.75, 3.05) is 0 Å². The molecule has 0 N–H and O–H groups in total. The molecule has 0 rings (SSSR count). The number of hydrogen-bond acceptors (Lipinski definition) is 6. The third kappa shape index (κ3) is 368. The first-order valence-electron chi connectivity index (χ1n) is 1.73. The average Bonchev–Trinajstić information content (AvgIpc) is 2.33. The second kappa shape index (κ2) is 460. The first-order chi connectivity index (χ1) is 6.00. The summed E-state index contributed by atoms with van der Waals surface area (Å²) in [6.07, 6.45) is 0. The van der Waals surface area contributed by atoms with Crippen LogP contribution in [0.2, 0.25) is 0 Å². The fourth-order valence-corrected chi connectivity index (χ4v) is 0. The number of carbonyl (C=O) groups is 6. The van der Waals surface area contributed by atoms with Crippen LogP contribution in [0.1, 0.15) is 0 Å². The summed E-state index contributed by atoms with van der Waals surface area (Å²) in [5, 5.41) is 0. The molecule has 0 aliphatic heterocycles. The fraction of sp³-hybridized carbons (Fsp3) is 0. The molecule has 0 aliphatic carbocycles. The van der Waals surface area contributed by atoms with Crippen LogP contribution in [-0.2, 0) is 46.1 Å². The number of carbonyl (C=O) groups excluding carboxylic acids is 6. The van der Waals surface area contributed by atoms with E-state index < -0.39 is 0 Å². The molecule has 0 fully saturated rings. The molecule has 13 heavy (non-hydrogen) atoms. The molecule has 0 amide bonds. The van der Waals surface area contributed by atoms with Crippen molar-refractivity contribution in [3.63, 3.8) is 0 Å². The molecule has 0 aromatic heterocycles. The Labute approximate surface area is 87.4 Å². The Balaban J connectivity index is -0.00000000655. The Hall–Kier alpha value is -1.45. The quantitative estimate of drug-likeness (QED) is 0.524. The van der Waals surface area contributed by atoms with Gasteiger partial charge in [-0.1, -0.05) is 0 Å². The molecule has 0 aromatic rings. The van der Waals surface area contributed by atoms with Gasteiger partial charge < -0.3 is 28.8 Å². The maximum Gasteiger partial charge on any atom is 2.00 e. The van der Waals surface area contributed by atoms with Crippen LogP contribution >= 0.6 is 0 Å². The predicted molar refractivity (Wildman–Crippen MR) is 42.7 cm³/mol. The molecule has 0 saturated heterocycles. The van der Waals surface area contributed by atoms with Gasteiger partial charge in [-0.25, -0.2) is 0 Å². The Morgan fingerprint density at radius 1 is 0.308 bits per heavy atom. The molecule has 76 valence electrons. The molecule has 6 nitrogen and oxygen atoms in total. The van der Waals surface area contributed by atoms with Gasteiger partial charge in [-0.15, -0.1) is 0 Å². The van der Waals surface area contributed by atoms with Gasteiger partial charge in [-0.3, -0.25) is 0 Å². The monoisotopic (exact) mass is 232 g/mol. The van der Waals surface area contributed by atoms with Gasteiger partial charge in [0.05, 0.1) is 0 Å². The smallest absolute Gasteiger partial charge is 0.307 e. The molecule has 0 aliphatic rings. The molecule has 7 heteroatoms.